The number of nitrogens with zero attached hydrogens (tertiary/aromatic N) is 4. The smallest absolute Gasteiger partial charge is 0.159 e. The third-order valence-electron chi connectivity index (χ3n) is 15.4. The number of hydrogen-bond donors (Lipinski definition) is 2. The molecule has 8 aromatic carbocycles. The Morgan fingerprint density at radius 3 is 1.56 bits per heavy atom. The van der Waals surface area contributed by atoms with Crippen LogP contribution in [-0.4, -0.2) is 41.7 Å². The normalized spacial score (nSPS) is 10.7. The second-order valence-corrected chi connectivity index (χ2v) is 26.5. The van der Waals surface area contributed by atoms with Crippen molar-refractivity contribution in [2.45, 2.75) is 123 Å². The van der Waals surface area contributed by atoms with Crippen LogP contribution in [0.5, 0.6) is 0 Å². The van der Waals surface area contributed by atoms with Gasteiger partial charge in [-0.3, -0.25) is 19.6 Å². The van der Waals surface area contributed by atoms with Crippen molar-refractivity contribution in [3.8, 4) is 67.3 Å². The zero-order valence-electron chi connectivity index (χ0n) is 61.3. The number of carbonyl (C=O) groups is 2. The number of benzene rings is 8. The molecule has 533 valence electrons. The largest absolute Gasteiger partial charge is 0.512 e. The standard InChI is InChI=1S/C24H20N.C21H22N.C18H14N.C12H10N.C11H20O2.C5H8O2.3Ir/c1-16-7-10-19(11-8-16)21-15-24(20-6-4-5-17(2)13-20)25-23-12-9-18(3)14-22(21)23;1-14(2)10-17-6-5-7-21-19(17)8-9-20(22-21)18-12-15(3)11-16(4)13-18;1-14-7-9-15(10-8-14)17-11-12-19-18(13-17)16-5-3-2-4-6-16;1-10-7-8-12(13-9-10)11-5-3-2-4-6-11;1-8(2)5-10(12)7-11(13)6-9(3)4;1-4(6)3-5(2)7;;;/h4-5,7-15H,1-3H3;5-9,11-12,14H,10H2,1-4H3;2-5,7-13H,1H3;2-5,7-9H,1H3;7-9,12H,5-6H2,1-4H3;3,6H,1-2H3;;;/q4*-1;;;;;. The number of ketones is 2. The summed E-state index contributed by atoms with van der Waals surface area (Å²) in [6, 6.07) is 84.2. The molecule has 4 aromatic heterocycles. The van der Waals surface area contributed by atoms with Crippen LogP contribution >= 0.6 is 0 Å². The Labute approximate surface area is 647 Å². The average molecular weight is 1880 g/mol. The molecule has 0 aliphatic carbocycles. The first-order valence-corrected chi connectivity index (χ1v) is 33.9. The number of aliphatic hydroxyl groups excluding tert-OH is 2. The van der Waals surface area contributed by atoms with Gasteiger partial charge in [-0.1, -0.05) is 182 Å². The Balaban J connectivity index is 0.000000267. The minimum atomic E-state index is -0.125. The van der Waals surface area contributed by atoms with Crippen LogP contribution < -0.4 is 0 Å². The second kappa shape index (κ2) is 43.3. The molecule has 0 aliphatic rings. The number of hydrogen-bond acceptors (Lipinski definition) is 8. The van der Waals surface area contributed by atoms with Gasteiger partial charge in [0.15, 0.2) is 11.6 Å². The van der Waals surface area contributed by atoms with Gasteiger partial charge in [0.25, 0.3) is 0 Å². The summed E-state index contributed by atoms with van der Waals surface area (Å²) in [5, 5.41) is 20.2. The van der Waals surface area contributed by atoms with E-state index in [1.54, 1.807) is 0 Å². The van der Waals surface area contributed by atoms with E-state index in [1.807, 2.05) is 114 Å². The fourth-order valence-electron chi connectivity index (χ4n) is 10.9. The fraction of sp³-hybridized carbons (Fsp3) is 0.231. The molecule has 0 unspecified atom stereocenters. The molecule has 0 atom stereocenters. The van der Waals surface area contributed by atoms with Gasteiger partial charge in [-0.2, -0.15) is 0 Å². The second-order valence-electron chi connectivity index (χ2n) is 26.5. The summed E-state index contributed by atoms with van der Waals surface area (Å²) < 4.78 is 0. The summed E-state index contributed by atoms with van der Waals surface area (Å²) in [6.45, 7) is 30.0. The number of allylic oxidation sites excluding steroid dienone is 4. The molecule has 0 fully saturated rings. The van der Waals surface area contributed by atoms with Gasteiger partial charge in [0.1, 0.15) is 0 Å². The fourth-order valence-corrected chi connectivity index (χ4v) is 10.9. The van der Waals surface area contributed by atoms with E-state index in [0.29, 0.717) is 30.6 Å². The van der Waals surface area contributed by atoms with Crippen LogP contribution in [0.15, 0.2) is 242 Å². The molecule has 12 aromatic rings. The molecule has 4 heterocycles. The molecule has 0 aliphatic heterocycles. The van der Waals surface area contributed by atoms with Crippen molar-refractivity contribution in [3.63, 3.8) is 0 Å². The molecule has 0 amide bonds. The Kier molecular flexibility index (Phi) is 36.3. The molecule has 11 heteroatoms. The van der Waals surface area contributed by atoms with Gasteiger partial charge in [-0.25, -0.2) is 0 Å². The predicted octanol–water partition coefficient (Wildman–Crippen LogP) is 23.3. The quantitative estimate of drug-likeness (QED) is 0.0626. The summed E-state index contributed by atoms with van der Waals surface area (Å²) in [7, 11) is 0. The van der Waals surface area contributed by atoms with E-state index in [-0.39, 0.29) is 83.4 Å². The zero-order chi connectivity index (χ0) is 71.5. The van der Waals surface area contributed by atoms with Gasteiger partial charge in [-0.05, 0) is 146 Å². The zero-order valence-corrected chi connectivity index (χ0v) is 68.5. The first-order chi connectivity index (χ1) is 47.3. The Morgan fingerprint density at radius 2 is 1.00 bits per heavy atom. The maximum absolute atomic E-state index is 11.2. The number of rotatable bonds is 14. The molecule has 2 N–H and O–H groups in total. The minimum absolute atomic E-state index is 0. The van der Waals surface area contributed by atoms with Gasteiger partial charge in [0.2, 0.25) is 0 Å². The number of aliphatic hydroxyl groups is 2. The van der Waals surface area contributed by atoms with Crippen molar-refractivity contribution in [2.24, 2.45) is 17.8 Å². The van der Waals surface area contributed by atoms with Crippen LogP contribution in [-0.2, 0) is 76.3 Å². The average Bonchev–Trinajstić information content (AvgIpc) is 0.787. The van der Waals surface area contributed by atoms with Gasteiger partial charge >= 0.3 is 0 Å². The summed E-state index contributed by atoms with van der Waals surface area (Å²) in [5.74, 6) is 1.57. The molecule has 0 saturated heterocycles. The van der Waals surface area contributed by atoms with Crippen molar-refractivity contribution in [3.05, 3.63) is 311 Å². The van der Waals surface area contributed by atoms with Crippen molar-refractivity contribution in [1.29, 1.82) is 0 Å². The van der Waals surface area contributed by atoms with Gasteiger partial charge < -0.3 is 20.2 Å². The number of carbonyl (C=O) groups excluding carboxylic acids is 2. The van der Waals surface area contributed by atoms with Crippen molar-refractivity contribution >= 4 is 33.4 Å². The van der Waals surface area contributed by atoms with Crippen LogP contribution in [0.25, 0.3) is 89.1 Å². The topological polar surface area (TPSA) is 126 Å². The minimum Gasteiger partial charge on any atom is -0.512 e. The molecular weight excluding hydrogens is 1790 g/mol. The number of aryl methyl sites for hydroxylation is 7. The van der Waals surface area contributed by atoms with Crippen molar-refractivity contribution in [1.82, 2.24) is 19.9 Å². The van der Waals surface area contributed by atoms with E-state index in [9.17, 15) is 14.7 Å². The number of pyridine rings is 4. The first-order valence-electron chi connectivity index (χ1n) is 33.9. The monoisotopic (exact) mass is 1890 g/mol. The van der Waals surface area contributed by atoms with Gasteiger partial charge in [-0.15, -0.1) is 142 Å². The van der Waals surface area contributed by atoms with E-state index < -0.39 is 0 Å². The van der Waals surface area contributed by atoms with Gasteiger partial charge in [0.05, 0.1) is 22.6 Å². The van der Waals surface area contributed by atoms with E-state index in [0.717, 1.165) is 68.0 Å². The summed E-state index contributed by atoms with van der Waals surface area (Å²) in [5.41, 5.74) is 25.0. The van der Waals surface area contributed by atoms with Gasteiger partial charge in [0, 0.05) is 108 Å². The molecule has 12 rings (SSSR count). The molecule has 0 saturated carbocycles. The number of aromatic nitrogens is 4. The van der Waals surface area contributed by atoms with E-state index in [1.165, 1.54) is 98.0 Å². The van der Waals surface area contributed by atoms with Crippen LogP contribution in [0.3, 0.4) is 0 Å². The third kappa shape index (κ3) is 28.6. The van der Waals surface area contributed by atoms with Crippen LogP contribution in [0.2, 0.25) is 0 Å². The van der Waals surface area contributed by atoms with Crippen LogP contribution in [0.4, 0.5) is 0 Å². The maximum Gasteiger partial charge on any atom is 0.159 e. The summed E-state index contributed by atoms with van der Waals surface area (Å²) in [6.07, 6.45) is 8.45. The predicted molar refractivity (Wildman–Crippen MR) is 413 cm³/mol. The summed E-state index contributed by atoms with van der Waals surface area (Å²) in [4.78, 5) is 39.7. The number of fused-ring (bicyclic) bond motifs is 2. The van der Waals surface area contributed by atoms with E-state index in [2.05, 4.69) is 229 Å². The molecular formula is C91H94Ir3N4O4-4. The van der Waals surface area contributed by atoms with E-state index in [4.69, 9.17) is 15.1 Å². The Morgan fingerprint density at radius 1 is 0.431 bits per heavy atom. The van der Waals surface area contributed by atoms with Crippen LogP contribution in [0.1, 0.15) is 113 Å². The van der Waals surface area contributed by atoms with Crippen molar-refractivity contribution in [2.75, 3.05) is 0 Å². The molecule has 8 nitrogen and oxygen atoms in total. The Bertz CT molecular complexity index is 4620. The molecule has 0 bridgehead atoms. The van der Waals surface area contributed by atoms with Crippen molar-refractivity contribution < 1.29 is 80.1 Å². The first kappa shape index (κ1) is 85.7. The molecule has 102 heavy (non-hydrogen) atoms. The molecule has 3 radical (unpaired) electrons. The third-order valence-corrected chi connectivity index (χ3v) is 15.4. The molecule has 0 spiro atoms. The Hall–Kier alpha value is -8.75. The maximum atomic E-state index is 11.2. The SMILES string of the molecule is CC(=O)C=C(C)O.CC(C)CC(=O)C=C(O)CC(C)C.Cc1[c-]c(-c2ccc3c(CC(C)C)cccc3n2)cc(C)c1.Cc1ccc(-c2[c-]cccc2)nc1.Cc1ccc(-c2cc(-c3[c-]ccc(C)c3)nc3ccc(C)cc23)cc1.Cc1ccc(-c2ccnc(-c3[c-]cccc3)c2)cc1.[Ir].[Ir].[Ir]. The van der Waals surface area contributed by atoms with Crippen LogP contribution in [0, 0.1) is 90.5 Å². The van der Waals surface area contributed by atoms with E-state index >= 15 is 0 Å². The summed E-state index contributed by atoms with van der Waals surface area (Å²) >= 11 is 0.